The number of hydrogen-bond donors (Lipinski definition) is 1. The smallest absolute Gasteiger partial charge is 0.275 e. The lowest BCUT2D eigenvalue weighted by Gasteiger charge is -2.29. The highest BCUT2D eigenvalue weighted by atomic mass is 16.5. The molecule has 0 spiro atoms. The SMILES string of the molecule is CC(C)/C(C(=O)N(C)O)=C(\c1cccc2c1C=CCC2)N(C=O)COCc1ccccc1. The molecule has 0 atom stereocenters. The third-order valence-corrected chi connectivity index (χ3v) is 5.43. The average molecular weight is 435 g/mol. The summed E-state index contributed by atoms with van der Waals surface area (Å²) in [6.07, 6.45) is 6.65. The molecule has 0 heterocycles. The minimum Gasteiger partial charge on any atom is -0.356 e. The number of rotatable bonds is 9. The molecule has 168 valence electrons. The van der Waals surface area contributed by atoms with Crippen LogP contribution in [0.25, 0.3) is 11.8 Å². The summed E-state index contributed by atoms with van der Waals surface area (Å²) in [5.74, 6) is -0.797. The summed E-state index contributed by atoms with van der Waals surface area (Å²) in [6, 6.07) is 15.6. The van der Waals surface area contributed by atoms with E-state index in [2.05, 4.69) is 12.1 Å². The van der Waals surface area contributed by atoms with E-state index in [0.29, 0.717) is 29.4 Å². The van der Waals surface area contributed by atoms with Gasteiger partial charge in [0.1, 0.15) is 6.73 Å². The Morgan fingerprint density at radius 3 is 2.56 bits per heavy atom. The molecule has 1 N–H and O–H groups in total. The molecule has 2 amide bonds. The van der Waals surface area contributed by atoms with Crippen LogP contribution in [-0.4, -0.2) is 41.3 Å². The molecule has 0 aromatic heterocycles. The Morgan fingerprint density at radius 2 is 1.91 bits per heavy atom. The second-order valence-corrected chi connectivity index (χ2v) is 8.10. The van der Waals surface area contributed by atoms with E-state index in [1.54, 1.807) is 0 Å². The molecule has 0 unspecified atom stereocenters. The molecule has 0 saturated carbocycles. The van der Waals surface area contributed by atoms with E-state index in [1.165, 1.54) is 11.9 Å². The Hall–Kier alpha value is -3.22. The second-order valence-electron chi connectivity index (χ2n) is 8.10. The van der Waals surface area contributed by atoms with Crippen molar-refractivity contribution in [3.8, 4) is 0 Å². The summed E-state index contributed by atoms with van der Waals surface area (Å²) in [7, 11) is 1.29. The summed E-state index contributed by atoms with van der Waals surface area (Å²) in [4.78, 5) is 26.7. The van der Waals surface area contributed by atoms with Gasteiger partial charge in [-0.25, -0.2) is 5.06 Å². The summed E-state index contributed by atoms with van der Waals surface area (Å²) < 4.78 is 5.84. The molecule has 32 heavy (non-hydrogen) atoms. The molecule has 0 bridgehead atoms. The molecule has 6 heteroatoms. The van der Waals surface area contributed by atoms with E-state index < -0.39 is 5.91 Å². The van der Waals surface area contributed by atoms with Crippen LogP contribution in [0.5, 0.6) is 0 Å². The van der Waals surface area contributed by atoms with Crippen LogP contribution < -0.4 is 0 Å². The molecular formula is C26H30N2O4. The van der Waals surface area contributed by atoms with E-state index in [4.69, 9.17) is 4.74 Å². The molecule has 1 aliphatic rings. The first kappa shape index (κ1) is 23.4. The maximum Gasteiger partial charge on any atom is 0.275 e. The van der Waals surface area contributed by atoms with Crippen LogP contribution in [0, 0.1) is 5.92 Å². The fraction of sp³-hybridized carbons (Fsp3) is 0.308. The highest BCUT2D eigenvalue weighted by molar-refractivity contribution is 6.02. The van der Waals surface area contributed by atoms with Crippen LogP contribution in [0.3, 0.4) is 0 Å². The van der Waals surface area contributed by atoms with Gasteiger partial charge in [-0.1, -0.05) is 74.5 Å². The third-order valence-electron chi connectivity index (χ3n) is 5.43. The largest absolute Gasteiger partial charge is 0.356 e. The first-order chi connectivity index (χ1) is 15.4. The summed E-state index contributed by atoms with van der Waals surface area (Å²) in [5.41, 5.74) is 4.70. The first-order valence-electron chi connectivity index (χ1n) is 10.8. The molecule has 0 radical (unpaired) electrons. The van der Waals surface area contributed by atoms with Crippen LogP contribution in [0.1, 0.15) is 42.5 Å². The third kappa shape index (κ3) is 5.33. The van der Waals surface area contributed by atoms with Gasteiger partial charge in [-0.3, -0.25) is 19.7 Å². The molecular weight excluding hydrogens is 404 g/mol. The summed E-state index contributed by atoms with van der Waals surface area (Å²) in [6.45, 7) is 4.04. The predicted octanol–water partition coefficient (Wildman–Crippen LogP) is 4.49. The number of aryl methyl sites for hydroxylation is 1. The van der Waals surface area contributed by atoms with E-state index in [-0.39, 0.29) is 12.6 Å². The van der Waals surface area contributed by atoms with Gasteiger partial charge < -0.3 is 4.74 Å². The number of likely N-dealkylation sites (N-methyl/N-ethyl adjacent to an activating group) is 1. The number of allylic oxidation sites excluding steroid dienone is 1. The van der Waals surface area contributed by atoms with Gasteiger partial charge in [-0.05, 0) is 35.4 Å². The normalized spacial score (nSPS) is 13.4. The maximum absolute atomic E-state index is 13.0. The van der Waals surface area contributed by atoms with Crippen molar-refractivity contribution in [1.82, 2.24) is 9.96 Å². The highest BCUT2D eigenvalue weighted by Crippen LogP contribution is 2.34. The zero-order valence-corrected chi connectivity index (χ0v) is 18.8. The van der Waals surface area contributed by atoms with E-state index in [0.717, 1.165) is 35.1 Å². The van der Waals surface area contributed by atoms with Crippen molar-refractivity contribution in [2.45, 2.75) is 33.3 Å². The quantitative estimate of drug-likeness (QED) is 0.208. The van der Waals surface area contributed by atoms with Crippen LogP contribution in [0.4, 0.5) is 0 Å². The van der Waals surface area contributed by atoms with Gasteiger partial charge in [0.2, 0.25) is 6.41 Å². The molecule has 0 fully saturated rings. The number of carbonyl (C=O) groups excluding carboxylic acids is 2. The lowest BCUT2D eigenvalue weighted by atomic mass is 9.88. The van der Waals surface area contributed by atoms with Gasteiger partial charge in [0.05, 0.1) is 12.3 Å². The van der Waals surface area contributed by atoms with Crippen LogP contribution in [0.15, 0.2) is 60.2 Å². The van der Waals surface area contributed by atoms with Crippen molar-refractivity contribution >= 4 is 24.1 Å². The van der Waals surface area contributed by atoms with Gasteiger partial charge in [-0.2, -0.15) is 0 Å². The number of hydroxylamine groups is 2. The van der Waals surface area contributed by atoms with Gasteiger partial charge >= 0.3 is 0 Å². The molecule has 2 aromatic rings. The Labute approximate surface area is 189 Å². The maximum atomic E-state index is 13.0. The fourth-order valence-electron chi connectivity index (χ4n) is 3.91. The van der Waals surface area contributed by atoms with Gasteiger partial charge in [0, 0.05) is 18.2 Å². The van der Waals surface area contributed by atoms with E-state index in [1.807, 2.05) is 62.4 Å². The van der Waals surface area contributed by atoms with Crippen molar-refractivity contribution in [3.63, 3.8) is 0 Å². The Morgan fingerprint density at radius 1 is 1.16 bits per heavy atom. The number of fused-ring (bicyclic) bond motifs is 1. The highest BCUT2D eigenvalue weighted by Gasteiger charge is 2.28. The zero-order chi connectivity index (χ0) is 23.1. The predicted molar refractivity (Wildman–Crippen MR) is 124 cm³/mol. The summed E-state index contributed by atoms with van der Waals surface area (Å²) >= 11 is 0. The van der Waals surface area contributed by atoms with Crippen molar-refractivity contribution in [1.29, 1.82) is 0 Å². The standard InChI is InChI=1S/C26H30N2O4/c1-19(2)24(26(30)27(3)31)25(23-15-9-13-21-12-7-8-14-22(21)23)28(17-29)18-32-16-20-10-5-4-6-11-20/h4-6,8-11,13-15,17,19,31H,7,12,16,18H2,1-3H3/b25-24-. The lowest BCUT2D eigenvalue weighted by molar-refractivity contribution is -0.155. The van der Waals surface area contributed by atoms with Crippen LogP contribution in [0.2, 0.25) is 0 Å². The molecule has 1 aliphatic carbocycles. The zero-order valence-electron chi connectivity index (χ0n) is 18.8. The van der Waals surface area contributed by atoms with Crippen LogP contribution >= 0.6 is 0 Å². The molecule has 6 nitrogen and oxygen atoms in total. The molecule has 3 rings (SSSR count). The molecule has 0 aliphatic heterocycles. The van der Waals surface area contributed by atoms with Gasteiger partial charge in [0.15, 0.2) is 0 Å². The average Bonchev–Trinajstić information content (AvgIpc) is 2.80. The van der Waals surface area contributed by atoms with E-state index in [9.17, 15) is 14.8 Å². The number of benzene rings is 2. The lowest BCUT2D eigenvalue weighted by Crippen LogP contribution is -2.32. The fourth-order valence-corrected chi connectivity index (χ4v) is 3.91. The number of nitrogens with zero attached hydrogens (tertiary/aromatic N) is 2. The van der Waals surface area contributed by atoms with Crippen LogP contribution in [-0.2, 0) is 27.4 Å². The minimum atomic E-state index is -0.553. The van der Waals surface area contributed by atoms with Crippen molar-refractivity contribution in [2.24, 2.45) is 5.92 Å². The minimum absolute atomic E-state index is 0.0280. The summed E-state index contributed by atoms with van der Waals surface area (Å²) in [5, 5.41) is 10.5. The Bertz CT molecular complexity index is 1010. The monoisotopic (exact) mass is 434 g/mol. The number of amides is 2. The van der Waals surface area contributed by atoms with Gasteiger partial charge in [-0.15, -0.1) is 0 Å². The first-order valence-corrected chi connectivity index (χ1v) is 10.8. The van der Waals surface area contributed by atoms with E-state index >= 15 is 0 Å². The van der Waals surface area contributed by atoms with Crippen molar-refractivity contribution < 1.29 is 19.5 Å². The number of hydrogen-bond acceptors (Lipinski definition) is 4. The number of ether oxygens (including phenoxy) is 1. The van der Waals surface area contributed by atoms with Gasteiger partial charge in [0.25, 0.3) is 5.91 Å². The second kappa shape index (κ2) is 10.9. The topological polar surface area (TPSA) is 70.1 Å². The Kier molecular flexibility index (Phi) is 7.98. The molecule has 2 aromatic carbocycles. The number of carbonyl (C=O) groups is 2. The van der Waals surface area contributed by atoms with Crippen molar-refractivity contribution in [2.75, 3.05) is 13.8 Å². The Balaban J connectivity index is 2.08. The van der Waals surface area contributed by atoms with Crippen molar-refractivity contribution in [3.05, 3.63) is 82.4 Å². The molecule has 0 saturated heterocycles.